The van der Waals surface area contributed by atoms with Gasteiger partial charge in [-0.2, -0.15) is 0 Å². The molecule has 2 aliphatic heterocycles. The lowest BCUT2D eigenvalue weighted by Crippen LogP contribution is -2.39. The molecular formula is C27H23FN2O4. The second-order valence-electron chi connectivity index (χ2n) is 8.86. The third-order valence-electron chi connectivity index (χ3n) is 6.88. The summed E-state index contributed by atoms with van der Waals surface area (Å²) in [6, 6.07) is 15.8. The molecule has 0 N–H and O–H groups in total. The maximum atomic E-state index is 13.8. The van der Waals surface area contributed by atoms with Gasteiger partial charge in [0.15, 0.2) is 5.43 Å². The number of fused-ring (bicyclic) bond motifs is 2. The van der Waals surface area contributed by atoms with E-state index in [4.69, 9.17) is 8.83 Å². The highest BCUT2D eigenvalue weighted by molar-refractivity contribution is 5.99. The Hall–Kier alpha value is -3.71. The zero-order chi connectivity index (χ0) is 23.2. The van der Waals surface area contributed by atoms with Crippen molar-refractivity contribution in [2.45, 2.75) is 24.9 Å². The first kappa shape index (κ1) is 20.9. The van der Waals surface area contributed by atoms with Crippen LogP contribution in [0.3, 0.4) is 0 Å². The van der Waals surface area contributed by atoms with E-state index in [1.54, 1.807) is 47.6 Å². The van der Waals surface area contributed by atoms with Gasteiger partial charge in [-0.05, 0) is 67.9 Å². The van der Waals surface area contributed by atoms with E-state index in [1.807, 2.05) is 12.1 Å². The molecule has 2 aromatic heterocycles. The Kier molecular flexibility index (Phi) is 5.07. The van der Waals surface area contributed by atoms with Crippen molar-refractivity contribution in [3.63, 3.8) is 0 Å². The van der Waals surface area contributed by atoms with Gasteiger partial charge in [-0.3, -0.25) is 14.5 Å². The summed E-state index contributed by atoms with van der Waals surface area (Å²) in [5, 5.41) is 0.421. The van der Waals surface area contributed by atoms with Gasteiger partial charge >= 0.3 is 0 Å². The van der Waals surface area contributed by atoms with Crippen LogP contribution in [0.2, 0.25) is 0 Å². The number of carbonyl (C=O) groups excluding carboxylic acids is 1. The van der Waals surface area contributed by atoms with E-state index in [0.717, 1.165) is 31.7 Å². The number of hydrogen-bond acceptors (Lipinski definition) is 5. The smallest absolute Gasteiger partial charge is 0.290 e. The number of para-hydroxylation sites is 1. The molecule has 0 unspecified atom stereocenters. The summed E-state index contributed by atoms with van der Waals surface area (Å²) < 4.78 is 25.5. The Balaban J connectivity index is 1.50. The number of hydrogen-bond donors (Lipinski definition) is 0. The zero-order valence-electron chi connectivity index (χ0n) is 18.4. The van der Waals surface area contributed by atoms with Crippen molar-refractivity contribution >= 4 is 16.9 Å². The largest absolute Gasteiger partial charge is 0.468 e. The molecule has 0 bridgehead atoms. The average molecular weight is 458 g/mol. The molecule has 4 heterocycles. The van der Waals surface area contributed by atoms with Crippen LogP contribution in [0, 0.1) is 5.82 Å². The van der Waals surface area contributed by atoms with E-state index in [1.165, 1.54) is 12.1 Å². The molecule has 6 rings (SSSR count). The molecule has 0 radical (unpaired) electrons. The van der Waals surface area contributed by atoms with Crippen LogP contribution in [0.25, 0.3) is 11.0 Å². The van der Waals surface area contributed by atoms with Gasteiger partial charge in [-0.1, -0.05) is 24.3 Å². The van der Waals surface area contributed by atoms with Crippen molar-refractivity contribution in [2.24, 2.45) is 0 Å². The first-order chi connectivity index (χ1) is 16.6. The van der Waals surface area contributed by atoms with Crippen LogP contribution in [0.4, 0.5) is 4.39 Å². The Morgan fingerprint density at radius 3 is 2.47 bits per heavy atom. The van der Waals surface area contributed by atoms with Gasteiger partial charge in [0.2, 0.25) is 5.76 Å². The summed E-state index contributed by atoms with van der Waals surface area (Å²) in [6.07, 6.45) is 3.80. The van der Waals surface area contributed by atoms with E-state index < -0.39 is 6.04 Å². The molecule has 34 heavy (non-hydrogen) atoms. The molecule has 172 valence electrons. The van der Waals surface area contributed by atoms with Crippen molar-refractivity contribution in [2.75, 3.05) is 19.6 Å². The Labute approximate surface area is 195 Å². The number of nitrogens with zero attached hydrogens (tertiary/aromatic N) is 2. The summed E-state index contributed by atoms with van der Waals surface area (Å²) >= 11 is 0. The summed E-state index contributed by atoms with van der Waals surface area (Å²) in [5.74, 6) is 0.101. The van der Waals surface area contributed by atoms with Crippen molar-refractivity contribution < 1.29 is 18.0 Å². The lowest BCUT2D eigenvalue weighted by atomic mass is 9.98. The van der Waals surface area contributed by atoms with Crippen LogP contribution in [0.5, 0.6) is 0 Å². The fourth-order valence-corrected chi connectivity index (χ4v) is 5.25. The minimum absolute atomic E-state index is 0.0534. The molecule has 6 nitrogen and oxygen atoms in total. The third kappa shape index (κ3) is 3.35. The molecule has 0 spiro atoms. The minimum atomic E-state index is -0.677. The predicted molar refractivity (Wildman–Crippen MR) is 124 cm³/mol. The van der Waals surface area contributed by atoms with Crippen LogP contribution in [-0.4, -0.2) is 35.3 Å². The van der Waals surface area contributed by atoms with Gasteiger partial charge < -0.3 is 13.7 Å². The number of furan rings is 1. The number of halogens is 1. The third-order valence-corrected chi connectivity index (χ3v) is 6.88. The maximum absolute atomic E-state index is 13.8. The Morgan fingerprint density at radius 2 is 1.74 bits per heavy atom. The summed E-state index contributed by atoms with van der Waals surface area (Å²) in [7, 11) is 0. The second-order valence-corrected chi connectivity index (χ2v) is 8.86. The molecule has 2 aromatic carbocycles. The normalized spacial score (nSPS) is 19.1. The summed E-state index contributed by atoms with van der Waals surface area (Å²) in [4.78, 5) is 31.3. The standard InChI is InChI=1S/C27H23FN2O4/c28-18-11-9-17(10-12-18)24-23-25(31)19-6-1-2-7-21(19)34-26(23)27(32)30(24)16-20(22-8-5-15-33-22)29-13-3-4-14-29/h1-2,5-12,15,20,24H,3-4,13-14,16H2/t20-,24-/m0/s1. The van der Waals surface area contributed by atoms with Gasteiger partial charge in [0.1, 0.15) is 17.2 Å². The molecule has 2 aliphatic rings. The van der Waals surface area contributed by atoms with E-state index in [0.29, 0.717) is 28.6 Å². The summed E-state index contributed by atoms with van der Waals surface area (Å²) in [5.41, 5.74) is 1.10. The number of amides is 1. The van der Waals surface area contributed by atoms with Crippen LogP contribution < -0.4 is 5.43 Å². The van der Waals surface area contributed by atoms with E-state index in [2.05, 4.69) is 4.90 Å². The van der Waals surface area contributed by atoms with Gasteiger partial charge in [-0.15, -0.1) is 0 Å². The quantitative estimate of drug-likeness (QED) is 0.425. The lowest BCUT2D eigenvalue weighted by molar-refractivity contribution is 0.0643. The molecule has 1 fully saturated rings. The SMILES string of the molecule is O=C1c2oc3ccccc3c(=O)c2[C@H](c2ccc(F)cc2)N1C[C@@H](c1ccco1)N1CCCC1. The molecule has 1 amide bonds. The van der Waals surface area contributed by atoms with Crippen LogP contribution in [0.15, 0.2) is 80.6 Å². The maximum Gasteiger partial charge on any atom is 0.290 e. The number of rotatable bonds is 5. The number of benzene rings is 2. The van der Waals surface area contributed by atoms with Crippen LogP contribution >= 0.6 is 0 Å². The van der Waals surface area contributed by atoms with Crippen LogP contribution in [-0.2, 0) is 0 Å². The van der Waals surface area contributed by atoms with E-state index in [-0.39, 0.29) is 29.0 Å². The second kappa shape index (κ2) is 8.25. The molecule has 2 atom stereocenters. The van der Waals surface area contributed by atoms with Gasteiger partial charge in [0.05, 0.1) is 29.3 Å². The molecule has 1 saturated heterocycles. The monoisotopic (exact) mass is 458 g/mol. The number of likely N-dealkylation sites (tertiary alicyclic amines) is 1. The minimum Gasteiger partial charge on any atom is -0.468 e. The Morgan fingerprint density at radius 1 is 0.971 bits per heavy atom. The molecule has 4 aromatic rings. The van der Waals surface area contributed by atoms with Crippen molar-refractivity contribution in [1.29, 1.82) is 0 Å². The molecule has 0 saturated carbocycles. The van der Waals surface area contributed by atoms with Gasteiger partial charge in [0.25, 0.3) is 5.91 Å². The van der Waals surface area contributed by atoms with E-state index >= 15 is 0 Å². The fraction of sp³-hybridized carbons (Fsp3) is 0.259. The Bertz CT molecular complexity index is 1410. The predicted octanol–water partition coefficient (Wildman–Crippen LogP) is 4.91. The summed E-state index contributed by atoms with van der Waals surface area (Å²) in [6.45, 7) is 2.12. The first-order valence-corrected chi connectivity index (χ1v) is 11.5. The van der Waals surface area contributed by atoms with E-state index in [9.17, 15) is 14.0 Å². The highest BCUT2D eigenvalue weighted by Crippen LogP contribution is 2.40. The van der Waals surface area contributed by atoms with Gasteiger partial charge in [0, 0.05) is 6.54 Å². The molecule has 7 heteroatoms. The zero-order valence-corrected chi connectivity index (χ0v) is 18.4. The topological polar surface area (TPSA) is 66.9 Å². The fourth-order valence-electron chi connectivity index (χ4n) is 5.25. The van der Waals surface area contributed by atoms with Crippen molar-refractivity contribution in [1.82, 2.24) is 9.80 Å². The van der Waals surface area contributed by atoms with Crippen LogP contribution in [0.1, 0.15) is 52.4 Å². The molecular weight excluding hydrogens is 435 g/mol. The molecule has 0 aliphatic carbocycles. The first-order valence-electron chi connectivity index (χ1n) is 11.5. The van der Waals surface area contributed by atoms with Crippen molar-refractivity contribution in [3.8, 4) is 0 Å². The highest BCUT2D eigenvalue weighted by Gasteiger charge is 2.44. The number of carbonyl (C=O) groups is 1. The average Bonchev–Trinajstić information content (AvgIpc) is 3.61. The highest BCUT2D eigenvalue weighted by atomic mass is 19.1. The van der Waals surface area contributed by atoms with Gasteiger partial charge in [-0.25, -0.2) is 4.39 Å². The van der Waals surface area contributed by atoms with Crippen molar-refractivity contribution in [3.05, 3.63) is 106 Å². The lowest BCUT2D eigenvalue weighted by Gasteiger charge is -2.33.